The number of ether oxygens (including phenoxy) is 2. The molecule has 17 heavy (non-hydrogen) atoms. The Kier molecular flexibility index (Phi) is 11.2. The lowest BCUT2D eigenvalue weighted by atomic mass is 9.91. The van der Waals surface area contributed by atoms with Gasteiger partial charge in [-0.25, -0.2) is 0 Å². The minimum Gasteiger partial charge on any atom is -0.402 e. The minimum absolute atomic E-state index is 0.175. The van der Waals surface area contributed by atoms with Crippen LogP contribution in [-0.4, -0.2) is 43.2 Å². The quantitative estimate of drug-likeness (QED) is 0.496. The highest BCUT2D eigenvalue weighted by molar-refractivity contribution is 6.17. The van der Waals surface area contributed by atoms with E-state index < -0.39 is 10.0 Å². The predicted octanol–water partition coefficient (Wildman–Crippen LogP) is 2.00. The Labute approximate surface area is 108 Å². The van der Waals surface area contributed by atoms with Gasteiger partial charge in [0.25, 0.3) is 0 Å². The van der Waals surface area contributed by atoms with Crippen molar-refractivity contribution in [1.29, 1.82) is 0 Å². The van der Waals surface area contributed by atoms with Crippen molar-refractivity contribution in [2.24, 2.45) is 0 Å². The third-order valence-electron chi connectivity index (χ3n) is 2.49. The van der Waals surface area contributed by atoms with E-state index in [0.29, 0.717) is 0 Å². The van der Waals surface area contributed by atoms with Crippen LogP contribution in [0.3, 0.4) is 0 Å². The summed E-state index contributed by atoms with van der Waals surface area (Å²) in [6.07, 6.45) is 5.60. The van der Waals surface area contributed by atoms with Gasteiger partial charge in [-0.15, -0.1) is 0 Å². The maximum atomic E-state index is 5.69. The molecule has 1 fully saturated rings. The van der Waals surface area contributed by atoms with Crippen LogP contribution in [0.25, 0.3) is 0 Å². The van der Waals surface area contributed by atoms with Gasteiger partial charge in [-0.05, 0) is 19.3 Å². The van der Waals surface area contributed by atoms with Crippen LogP contribution < -0.4 is 0 Å². The smallest absolute Gasteiger partial charge is 0.303 e. The first-order valence-electron chi connectivity index (χ1n) is 6.50. The molecule has 0 saturated heterocycles. The van der Waals surface area contributed by atoms with Crippen LogP contribution in [0, 0.1) is 0 Å². The molecule has 1 aliphatic carbocycles. The summed E-state index contributed by atoms with van der Waals surface area (Å²) in [6, 6.07) is 0. The summed E-state index contributed by atoms with van der Waals surface area (Å²) in [6.45, 7) is 5.94. The van der Waals surface area contributed by atoms with E-state index in [1.54, 1.807) is 14.2 Å². The fourth-order valence-corrected chi connectivity index (χ4v) is 1.73. The van der Waals surface area contributed by atoms with Crippen LogP contribution in [0.5, 0.6) is 0 Å². The van der Waals surface area contributed by atoms with E-state index >= 15 is 0 Å². The molecule has 0 aromatic rings. The molecule has 0 atom stereocenters. The number of rotatable bonds is 8. The molecular weight excluding hydrogens is 236 g/mol. The largest absolute Gasteiger partial charge is 0.402 e. The molecule has 0 bridgehead atoms. The van der Waals surface area contributed by atoms with Crippen LogP contribution >= 0.6 is 0 Å². The van der Waals surface area contributed by atoms with Crippen LogP contribution in [0.4, 0.5) is 0 Å². The molecule has 0 spiro atoms. The van der Waals surface area contributed by atoms with E-state index in [0.717, 1.165) is 38.9 Å². The summed E-state index contributed by atoms with van der Waals surface area (Å²) in [5.74, 6) is -0.175. The van der Waals surface area contributed by atoms with Crippen LogP contribution in [0.1, 0.15) is 46.0 Å². The third kappa shape index (κ3) is 7.89. The molecule has 0 N–H and O–H groups in total. The summed E-state index contributed by atoms with van der Waals surface area (Å²) >= 11 is 0. The zero-order valence-corrected chi connectivity index (χ0v) is 13.2. The van der Waals surface area contributed by atoms with Crippen molar-refractivity contribution in [3.8, 4) is 0 Å². The van der Waals surface area contributed by atoms with E-state index in [9.17, 15) is 0 Å². The molecule has 1 rings (SSSR count). The second-order valence-corrected chi connectivity index (χ2v) is 5.55. The van der Waals surface area contributed by atoms with Gasteiger partial charge in [0.05, 0.1) is 0 Å². The van der Waals surface area contributed by atoms with Gasteiger partial charge in [0.15, 0.2) is 5.79 Å². The van der Waals surface area contributed by atoms with Gasteiger partial charge in [-0.2, -0.15) is 0 Å². The molecule has 1 saturated carbocycles. The van der Waals surface area contributed by atoms with Crippen LogP contribution in [0.2, 0.25) is 0 Å². The van der Waals surface area contributed by atoms with Gasteiger partial charge in [0, 0.05) is 40.3 Å². The average Bonchev–Trinajstić information content (AvgIpc) is 2.29. The molecule has 0 unspecified atom stereocenters. The van der Waals surface area contributed by atoms with Gasteiger partial charge in [-0.1, -0.05) is 13.8 Å². The molecule has 4 nitrogen and oxygen atoms in total. The van der Waals surface area contributed by atoms with Crippen molar-refractivity contribution in [3.05, 3.63) is 0 Å². The molecule has 1 aliphatic rings. The summed E-state index contributed by atoms with van der Waals surface area (Å²) in [5.41, 5.74) is 0. The predicted molar refractivity (Wildman–Crippen MR) is 71.6 cm³/mol. The normalized spacial score (nSPS) is 16.9. The first-order chi connectivity index (χ1) is 8.24. The van der Waals surface area contributed by atoms with Crippen molar-refractivity contribution in [1.82, 2.24) is 0 Å². The fraction of sp³-hybridized carbons (Fsp3) is 1.00. The molecule has 0 radical (unpaired) electrons. The second kappa shape index (κ2) is 11.2. The topological polar surface area (TPSA) is 36.9 Å². The Morgan fingerprint density at radius 2 is 1.41 bits per heavy atom. The monoisotopic (exact) mass is 264 g/mol. The highest BCUT2D eigenvalue weighted by atomic mass is 28.3. The van der Waals surface area contributed by atoms with Gasteiger partial charge < -0.3 is 18.3 Å². The molecule has 0 amide bonds. The lowest BCUT2D eigenvalue weighted by Gasteiger charge is -2.41. The van der Waals surface area contributed by atoms with Crippen LogP contribution in [0.15, 0.2) is 0 Å². The van der Waals surface area contributed by atoms with Gasteiger partial charge in [0.1, 0.15) is 0 Å². The Balaban J connectivity index is 0.000000437. The zero-order chi connectivity index (χ0) is 13.0. The summed E-state index contributed by atoms with van der Waals surface area (Å²) in [5, 5.41) is 0. The average molecular weight is 264 g/mol. The SMILES string of the molecule is CCCOC1(OCCC)CCC1.CO[SiH2]OC. The van der Waals surface area contributed by atoms with Crippen molar-refractivity contribution >= 4 is 10.0 Å². The summed E-state index contributed by atoms with van der Waals surface area (Å²) < 4.78 is 20.6. The Hall–Kier alpha value is 0.0569. The van der Waals surface area contributed by atoms with E-state index in [4.69, 9.17) is 9.47 Å². The highest BCUT2D eigenvalue weighted by Gasteiger charge is 2.38. The Morgan fingerprint density at radius 3 is 1.59 bits per heavy atom. The van der Waals surface area contributed by atoms with E-state index in [2.05, 4.69) is 22.7 Å². The lowest BCUT2D eigenvalue weighted by molar-refractivity contribution is -0.277. The maximum absolute atomic E-state index is 5.69. The summed E-state index contributed by atoms with van der Waals surface area (Å²) in [7, 11) is 2.73. The molecule has 0 aromatic heterocycles. The highest BCUT2D eigenvalue weighted by Crippen LogP contribution is 2.36. The molecule has 0 aromatic carbocycles. The Bertz CT molecular complexity index is 151. The van der Waals surface area contributed by atoms with E-state index in [1.807, 2.05) is 0 Å². The van der Waals surface area contributed by atoms with Gasteiger partial charge in [-0.3, -0.25) is 0 Å². The first kappa shape index (κ1) is 17.1. The third-order valence-corrected chi connectivity index (χ3v) is 2.96. The van der Waals surface area contributed by atoms with Crippen LogP contribution in [-0.2, 0) is 18.3 Å². The van der Waals surface area contributed by atoms with Crippen molar-refractivity contribution in [2.45, 2.75) is 51.7 Å². The molecule has 104 valence electrons. The van der Waals surface area contributed by atoms with Gasteiger partial charge >= 0.3 is 10.0 Å². The van der Waals surface area contributed by atoms with E-state index in [1.165, 1.54) is 6.42 Å². The molecule has 5 heteroatoms. The van der Waals surface area contributed by atoms with Crippen molar-refractivity contribution in [3.63, 3.8) is 0 Å². The minimum atomic E-state index is -0.568. The number of hydrogen-bond acceptors (Lipinski definition) is 4. The van der Waals surface area contributed by atoms with E-state index in [-0.39, 0.29) is 5.79 Å². The molecule has 0 aliphatic heterocycles. The molecule has 0 heterocycles. The maximum Gasteiger partial charge on any atom is 0.303 e. The Morgan fingerprint density at radius 1 is 0.941 bits per heavy atom. The van der Waals surface area contributed by atoms with Crippen molar-refractivity contribution in [2.75, 3.05) is 27.4 Å². The molecular formula is C12H28O4Si. The number of hydrogen-bond donors (Lipinski definition) is 0. The second-order valence-electron chi connectivity index (χ2n) is 4.16. The zero-order valence-electron chi connectivity index (χ0n) is 11.8. The fourth-order valence-electron chi connectivity index (χ4n) is 1.49. The van der Waals surface area contributed by atoms with Gasteiger partial charge in [0.2, 0.25) is 0 Å². The van der Waals surface area contributed by atoms with Crippen molar-refractivity contribution < 1.29 is 18.3 Å². The summed E-state index contributed by atoms with van der Waals surface area (Å²) in [4.78, 5) is 0. The lowest BCUT2D eigenvalue weighted by Crippen LogP contribution is -2.43. The standard InChI is InChI=1S/C10H20O2.C2H8O2Si/c1-3-8-11-10(6-5-7-10)12-9-4-2;1-3-5-4-2/h3-9H2,1-2H3;5H2,1-2H3. The first-order valence-corrected chi connectivity index (χ1v) is 7.66.